The number of aromatic nitrogens is 1. The topological polar surface area (TPSA) is 37.3 Å². The number of anilines is 1. The molecule has 1 unspecified atom stereocenters. The van der Waals surface area contributed by atoms with E-state index in [-0.39, 0.29) is 12.1 Å². The average Bonchev–Trinajstić information content (AvgIpc) is 3.29. The van der Waals surface area contributed by atoms with Gasteiger partial charge in [0.05, 0.1) is 18.3 Å². The molecule has 2 aliphatic rings. The van der Waals surface area contributed by atoms with Gasteiger partial charge in [-0.1, -0.05) is 54.1 Å². The molecule has 170 valence electrons. The van der Waals surface area contributed by atoms with Crippen LogP contribution in [0.25, 0.3) is 5.69 Å². The second-order valence-electron chi connectivity index (χ2n) is 9.09. The monoisotopic (exact) mass is 467 g/mol. The third-order valence-electron chi connectivity index (χ3n) is 7.05. The first-order valence-electron chi connectivity index (χ1n) is 11.9. The molecule has 0 saturated carbocycles. The van der Waals surface area contributed by atoms with Gasteiger partial charge in [-0.2, -0.15) is 0 Å². The van der Waals surface area contributed by atoms with Crippen LogP contribution in [-0.2, 0) is 19.4 Å². The van der Waals surface area contributed by atoms with Crippen molar-refractivity contribution >= 4 is 23.3 Å². The van der Waals surface area contributed by atoms with Crippen molar-refractivity contribution in [2.24, 2.45) is 0 Å². The predicted octanol–water partition coefficient (Wildman–Crippen LogP) is 7.15. The third kappa shape index (κ3) is 3.68. The van der Waals surface area contributed by atoms with Crippen molar-refractivity contribution in [2.45, 2.75) is 38.3 Å². The second kappa shape index (κ2) is 8.69. The number of urea groups is 1. The van der Waals surface area contributed by atoms with E-state index in [1.165, 1.54) is 17.5 Å². The lowest BCUT2D eigenvalue weighted by Crippen LogP contribution is -2.38. The second-order valence-corrected chi connectivity index (χ2v) is 9.53. The SMILES string of the molecule is O=C(Nc1cccc2c1CCCC2)N1Cc2ccccc2-n2cccc2C1c1ccc(Cl)cc1. The summed E-state index contributed by atoms with van der Waals surface area (Å²) in [6.45, 7) is 0.506. The van der Waals surface area contributed by atoms with Crippen molar-refractivity contribution in [3.8, 4) is 5.69 Å². The molecule has 1 aromatic heterocycles. The molecule has 3 aromatic carbocycles. The Morgan fingerprint density at radius 1 is 0.853 bits per heavy atom. The number of benzene rings is 3. The minimum atomic E-state index is -0.251. The molecule has 1 atom stereocenters. The van der Waals surface area contributed by atoms with Gasteiger partial charge in [0.1, 0.15) is 0 Å². The van der Waals surface area contributed by atoms with Crippen molar-refractivity contribution < 1.29 is 4.79 Å². The number of carbonyl (C=O) groups is 1. The first kappa shape index (κ1) is 21.1. The zero-order valence-corrected chi connectivity index (χ0v) is 19.6. The largest absolute Gasteiger partial charge is 0.322 e. The third-order valence-corrected chi connectivity index (χ3v) is 7.30. The Labute approximate surface area is 204 Å². The van der Waals surface area contributed by atoms with E-state index in [0.29, 0.717) is 11.6 Å². The minimum Gasteiger partial charge on any atom is -0.318 e. The summed E-state index contributed by atoms with van der Waals surface area (Å²) in [6.07, 6.45) is 6.54. The standard InChI is InChI=1S/C29H26ClN3O/c30-23-16-14-21(15-17-23)28-27-13-6-18-32(27)26-12-4-2-8-22(26)19-33(28)29(34)31-25-11-5-9-20-7-1-3-10-24(20)25/h2,4-6,8-9,11-18,28H,1,3,7,10,19H2,(H,31,34). The summed E-state index contributed by atoms with van der Waals surface area (Å²) in [4.78, 5) is 15.9. The number of hydrogen-bond donors (Lipinski definition) is 1. The van der Waals surface area contributed by atoms with E-state index in [2.05, 4.69) is 46.4 Å². The molecular weight excluding hydrogens is 442 g/mol. The Bertz CT molecular complexity index is 1360. The van der Waals surface area contributed by atoms with E-state index in [1.807, 2.05) is 53.4 Å². The molecule has 4 nitrogen and oxygen atoms in total. The zero-order valence-electron chi connectivity index (χ0n) is 18.9. The molecule has 1 N–H and O–H groups in total. The lowest BCUT2D eigenvalue weighted by Gasteiger charge is -2.31. The van der Waals surface area contributed by atoms with Gasteiger partial charge in [-0.05, 0) is 84.3 Å². The maximum absolute atomic E-state index is 14.0. The summed E-state index contributed by atoms with van der Waals surface area (Å²) in [6, 6.07) is 26.2. The fourth-order valence-electron chi connectivity index (χ4n) is 5.42. The fraction of sp³-hybridized carbons (Fsp3) is 0.207. The summed E-state index contributed by atoms with van der Waals surface area (Å²) in [5.41, 5.74) is 7.87. The molecule has 2 amide bonds. The highest BCUT2D eigenvalue weighted by Crippen LogP contribution is 2.37. The van der Waals surface area contributed by atoms with Crippen molar-refractivity contribution in [1.29, 1.82) is 0 Å². The van der Waals surface area contributed by atoms with Crippen molar-refractivity contribution in [1.82, 2.24) is 9.47 Å². The molecule has 0 bridgehead atoms. The summed E-state index contributed by atoms with van der Waals surface area (Å²) in [7, 11) is 0. The Hall–Kier alpha value is -3.50. The minimum absolute atomic E-state index is 0.0941. The van der Waals surface area contributed by atoms with Crippen LogP contribution in [0.15, 0.2) is 85.1 Å². The van der Waals surface area contributed by atoms with Crippen LogP contribution in [0, 0.1) is 0 Å². The number of rotatable bonds is 2. The van der Waals surface area contributed by atoms with Crippen LogP contribution in [0.5, 0.6) is 0 Å². The number of amides is 2. The molecule has 0 fully saturated rings. The van der Waals surface area contributed by atoms with Gasteiger partial charge in [-0.3, -0.25) is 0 Å². The molecule has 34 heavy (non-hydrogen) atoms. The summed E-state index contributed by atoms with van der Waals surface area (Å²) >= 11 is 6.21. The number of nitrogens with one attached hydrogen (secondary N) is 1. The van der Waals surface area contributed by atoms with Crippen LogP contribution >= 0.6 is 11.6 Å². The van der Waals surface area contributed by atoms with E-state index in [0.717, 1.165) is 47.5 Å². The van der Waals surface area contributed by atoms with E-state index in [9.17, 15) is 4.79 Å². The first-order valence-corrected chi connectivity index (χ1v) is 12.3. The highest BCUT2D eigenvalue weighted by molar-refractivity contribution is 6.30. The molecule has 2 heterocycles. The molecule has 1 aliphatic heterocycles. The number of nitrogens with zero attached hydrogens (tertiary/aromatic N) is 2. The van der Waals surface area contributed by atoms with Crippen LogP contribution in [0.1, 0.15) is 46.8 Å². The van der Waals surface area contributed by atoms with Gasteiger partial charge in [-0.15, -0.1) is 0 Å². The number of hydrogen-bond acceptors (Lipinski definition) is 1. The molecule has 0 spiro atoms. The number of para-hydroxylation sites is 1. The van der Waals surface area contributed by atoms with Gasteiger partial charge in [-0.25, -0.2) is 4.79 Å². The fourth-order valence-corrected chi connectivity index (χ4v) is 5.55. The first-order chi connectivity index (χ1) is 16.7. The molecule has 5 heteroatoms. The number of carbonyl (C=O) groups excluding carboxylic acids is 1. The van der Waals surface area contributed by atoms with Crippen molar-refractivity contribution in [3.05, 3.63) is 118 Å². The van der Waals surface area contributed by atoms with E-state index in [1.54, 1.807) is 0 Å². The van der Waals surface area contributed by atoms with Gasteiger partial charge >= 0.3 is 6.03 Å². The molecule has 6 rings (SSSR count). The highest BCUT2D eigenvalue weighted by Gasteiger charge is 2.33. The van der Waals surface area contributed by atoms with Gasteiger partial charge in [0, 0.05) is 22.6 Å². The van der Waals surface area contributed by atoms with Gasteiger partial charge in [0.15, 0.2) is 0 Å². The molecule has 0 saturated heterocycles. The maximum atomic E-state index is 14.0. The van der Waals surface area contributed by atoms with Gasteiger partial charge in [0.25, 0.3) is 0 Å². The van der Waals surface area contributed by atoms with Crippen LogP contribution in [0.2, 0.25) is 5.02 Å². The van der Waals surface area contributed by atoms with Gasteiger partial charge in [0.2, 0.25) is 0 Å². The maximum Gasteiger partial charge on any atom is 0.322 e. The van der Waals surface area contributed by atoms with Crippen LogP contribution in [-0.4, -0.2) is 15.5 Å². The lowest BCUT2D eigenvalue weighted by atomic mass is 9.90. The highest BCUT2D eigenvalue weighted by atomic mass is 35.5. The molecule has 1 aliphatic carbocycles. The zero-order chi connectivity index (χ0) is 23.1. The Kier molecular flexibility index (Phi) is 5.39. The smallest absolute Gasteiger partial charge is 0.318 e. The predicted molar refractivity (Wildman–Crippen MR) is 137 cm³/mol. The quantitative estimate of drug-likeness (QED) is 0.334. The number of aryl methyl sites for hydroxylation is 1. The van der Waals surface area contributed by atoms with E-state index < -0.39 is 0 Å². The van der Waals surface area contributed by atoms with Gasteiger partial charge < -0.3 is 14.8 Å². The van der Waals surface area contributed by atoms with Crippen molar-refractivity contribution in [2.75, 3.05) is 5.32 Å². The summed E-state index contributed by atoms with van der Waals surface area (Å²) in [5, 5.41) is 3.97. The Morgan fingerprint density at radius 3 is 2.53 bits per heavy atom. The summed E-state index contributed by atoms with van der Waals surface area (Å²) in [5.74, 6) is 0. The molecule has 0 radical (unpaired) electrons. The normalized spacial score (nSPS) is 16.7. The summed E-state index contributed by atoms with van der Waals surface area (Å²) < 4.78 is 2.20. The van der Waals surface area contributed by atoms with Crippen LogP contribution in [0.4, 0.5) is 10.5 Å². The average molecular weight is 468 g/mol. The number of halogens is 1. The lowest BCUT2D eigenvalue weighted by molar-refractivity contribution is 0.194. The van der Waals surface area contributed by atoms with E-state index >= 15 is 0 Å². The Morgan fingerprint density at radius 2 is 1.65 bits per heavy atom. The van der Waals surface area contributed by atoms with Crippen LogP contribution < -0.4 is 5.32 Å². The van der Waals surface area contributed by atoms with E-state index in [4.69, 9.17) is 11.6 Å². The van der Waals surface area contributed by atoms with Crippen LogP contribution in [0.3, 0.4) is 0 Å². The molecular formula is C29H26ClN3O. The number of fused-ring (bicyclic) bond motifs is 4. The Balaban J connectivity index is 1.45. The van der Waals surface area contributed by atoms with Crippen molar-refractivity contribution in [3.63, 3.8) is 0 Å². The molecule has 4 aromatic rings.